The van der Waals surface area contributed by atoms with E-state index in [1.165, 1.54) is 25.7 Å². The molecule has 0 aromatic heterocycles. The monoisotopic (exact) mass is 276 g/mol. The molecule has 1 aliphatic carbocycles. The van der Waals surface area contributed by atoms with Crippen LogP contribution in [0.1, 0.15) is 56.8 Å². The summed E-state index contributed by atoms with van der Waals surface area (Å²) in [6.45, 7) is 6.25. The average molecular weight is 276 g/mol. The van der Waals surface area contributed by atoms with Crippen LogP contribution in [0.5, 0.6) is 11.5 Å². The molecule has 0 saturated heterocycles. The van der Waals surface area contributed by atoms with Gasteiger partial charge in [0.25, 0.3) is 0 Å². The maximum absolute atomic E-state index is 11.6. The highest BCUT2D eigenvalue weighted by Gasteiger charge is 2.16. The Labute approximate surface area is 121 Å². The summed E-state index contributed by atoms with van der Waals surface area (Å²) in [5, 5.41) is 0. The van der Waals surface area contributed by atoms with E-state index >= 15 is 0 Å². The lowest BCUT2D eigenvalue weighted by atomic mass is 10.1. The van der Waals surface area contributed by atoms with Crippen molar-refractivity contribution in [2.45, 2.75) is 52.6 Å². The van der Waals surface area contributed by atoms with E-state index < -0.39 is 0 Å². The van der Waals surface area contributed by atoms with Crippen molar-refractivity contribution < 1.29 is 14.3 Å². The zero-order chi connectivity index (χ0) is 14.5. The molecule has 0 radical (unpaired) electrons. The number of rotatable bonds is 6. The summed E-state index contributed by atoms with van der Waals surface area (Å²) < 4.78 is 11.6. The first-order valence-corrected chi connectivity index (χ1v) is 7.50. The van der Waals surface area contributed by atoms with Crippen LogP contribution in [0.3, 0.4) is 0 Å². The van der Waals surface area contributed by atoms with Crippen molar-refractivity contribution in [2.24, 2.45) is 5.92 Å². The van der Waals surface area contributed by atoms with E-state index in [0.29, 0.717) is 17.2 Å². The smallest absolute Gasteiger partial charge is 0.160 e. The van der Waals surface area contributed by atoms with Crippen molar-refractivity contribution in [3.05, 3.63) is 23.8 Å². The third kappa shape index (κ3) is 4.26. The van der Waals surface area contributed by atoms with E-state index in [9.17, 15) is 4.79 Å². The summed E-state index contributed by atoms with van der Waals surface area (Å²) in [5.74, 6) is 2.13. The summed E-state index contributed by atoms with van der Waals surface area (Å²) >= 11 is 0. The normalized spacial score (nSPS) is 15.6. The van der Waals surface area contributed by atoms with Crippen LogP contribution in [-0.2, 0) is 0 Å². The largest absolute Gasteiger partial charge is 0.493 e. The highest BCUT2D eigenvalue weighted by molar-refractivity contribution is 5.94. The van der Waals surface area contributed by atoms with Gasteiger partial charge in [0.2, 0.25) is 0 Å². The van der Waals surface area contributed by atoms with Gasteiger partial charge in [-0.15, -0.1) is 0 Å². The number of ketones is 1. The van der Waals surface area contributed by atoms with E-state index in [-0.39, 0.29) is 11.9 Å². The molecule has 2 rings (SSSR count). The zero-order valence-electron chi connectivity index (χ0n) is 12.6. The molecule has 0 N–H and O–H groups in total. The molecule has 1 saturated carbocycles. The van der Waals surface area contributed by atoms with Gasteiger partial charge < -0.3 is 9.47 Å². The Morgan fingerprint density at radius 1 is 1.20 bits per heavy atom. The van der Waals surface area contributed by atoms with Crippen molar-refractivity contribution in [1.82, 2.24) is 0 Å². The lowest BCUT2D eigenvalue weighted by molar-refractivity contribution is 0.101. The van der Waals surface area contributed by atoms with E-state index in [1.807, 2.05) is 26.0 Å². The molecule has 20 heavy (non-hydrogen) atoms. The molecule has 0 bridgehead atoms. The first kappa shape index (κ1) is 14.9. The third-order valence-electron chi connectivity index (χ3n) is 3.62. The van der Waals surface area contributed by atoms with Gasteiger partial charge in [0.05, 0.1) is 12.7 Å². The Morgan fingerprint density at radius 3 is 2.45 bits per heavy atom. The molecule has 3 nitrogen and oxygen atoms in total. The van der Waals surface area contributed by atoms with Gasteiger partial charge in [0.15, 0.2) is 5.78 Å². The van der Waals surface area contributed by atoms with E-state index in [1.54, 1.807) is 13.0 Å². The molecule has 1 aliphatic rings. The minimum absolute atomic E-state index is 0.0323. The Kier molecular flexibility index (Phi) is 5.05. The molecule has 1 aromatic rings. The Morgan fingerprint density at radius 2 is 1.85 bits per heavy atom. The van der Waals surface area contributed by atoms with Gasteiger partial charge in [0, 0.05) is 11.6 Å². The average Bonchev–Trinajstić information content (AvgIpc) is 2.88. The summed E-state index contributed by atoms with van der Waals surface area (Å²) in [7, 11) is 0. The topological polar surface area (TPSA) is 35.5 Å². The molecular formula is C17H24O3. The van der Waals surface area contributed by atoms with Crippen LogP contribution in [0.25, 0.3) is 0 Å². The number of hydrogen-bond acceptors (Lipinski definition) is 3. The quantitative estimate of drug-likeness (QED) is 0.729. The fourth-order valence-corrected chi connectivity index (χ4v) is 2.59. The molecular weight excluding hydrogens is 252 g/mol. The van der Waals surface area contributed by atoms with Crippen molar-refractivity contribution >= 4 is 5.78 Å². The summed E-state index contributed by atoms with van der Waals surface area (Å²) in [4.78, 5) is 11.6. The molecule has 0 aliphatic heterocycles. The SMILES string of the molecule is CC(=O)c1cc(OCC2CCCC2)cc(OC(C)C)c1. The molecule has 1 aromatic carbocycles. The van der Waals surface area contributed by atoms with Crippen molar-refractivity contribution in [2.75, 3.05) is 6.61 Å². The van der Waals surface area contributed by atoms with E-state index in [4.69, 9.17) is 9.47 Å². The fraction of sp³-hybridized carbons (Fsp3) is 0.588. The number of hydrogen-bond donors (Lipinski definition) is 0. The van der Waals surface area contributed by atoms with Crippen molar-refractivity contribution in [3.8, 4) is 11.5 Å². The molecule has 3 heteroatoms. The van der Waals surface area contributed by atoms with Crippen molar-refractivity contribution in [1.29, 1.82) is 0 Å². The second-order valence-electron chi connectivity index (χ2n) is 5.88. The Hall–Kier alpha value is -1.51. The minimum Gasteiger partial charge on any atom is -0.493 e. The molecule has 0 unspecified atom stereocenters. The number of carbonyl (C=O) groups excluding carboxylic acids is 1. The molecule has 1 fully saturated rings. The van der Waals surface area contributed by atoms with E-state index in [2.05, 4.69) is 0 Å². The maximum atomic E-state index is 11.6. The Balaban J connectivity index is 2.08. The first-order chi connectivity index (χ1) is 9.54. The zero-order valence-corrected chi connectivity index (χ0v) is 12.6. The second-order valence-corrected chi connectivity index (χ2v) is 5.88. The lowest BCUT2D eigenvalue weighted by Crippen LogP contribution is -2.10. The summed E-state index contributed by atoms with van der Waals surface area (Å²) in [6, 6.07) is 5.47. The molecule has 110 valence electrons. The maximum Gasteiger partial charge on any atom is 0.160 e. The van der Waals surface area contributed by atoms with Crippen LogP contribution in [-0.4, -0.2) is 18.5 Å². The number of Topliss-reactive ketones (excluding diaryl/α,β-unsaturated/α-hetero) is 1. The van der Waals surface area contributed by atoms with Crippen LogP contribution in [0.2, 0.25) is 0 Å². The van der Waals surface area contributed by atoms with Crippen LogP contribution in [0, 0.1) is 5.92 Å². The highest BCUT2D eigenvalue weighted by atomic mass is 16.5. The van der Waals surface area contributed by atoms with Crippen LogP contribution >= 0.6 is 0 Å². The van der Waals surface area contributed by atoms with Crippen LogP contribution < -0.4 is 9.47 Å². The summed E-state index contributed by atoms with van der Waals surface area (Å²) in [5.41, 5.74) is 0.643. The predicted molar refractivity (Wildman–Crippen MR) is 79.7 cm³/mol. The third-order valence-corrected chi connectivity index (χ3v) is 3.62. The number of ether oxygens (including phenoxy) is 2. The van der Waals surface area contributed by atoms with Gasteiger partial charge in [-0.25, -0.2) is 0 Å². The highest BCUT2D eigenvalue weighted by Crippen LogP contribution is 2.28. The minimum atomic E-state index is 0.0323. The number of benzene rings is 1. The molecule has 0 amide bonds. The van der Waals surface area contributed by atoms with Crippen LogP contribution in [0.4, 0.5) is 0 Å². The fourth-order valence-electron chi connectivity index (χ4n) is 2.59. The first-order valence-electron chi connectivity index (χ1n) is 7.50. The van der Waals surface area contributed by atoms with Gasteiger partial charge in [-0.3, -0.25) is 4.79 Å². The number of carbonyl (C=O) groups is 1. The Bertz CT molecular complexity index is 459. The van der Waals surface area contributed by atoms with Crippen molar-refractivity contribution in [3.63, 3.8) is 0 Å². The molecule has 0 heterocycles. The molecule has 0 spiro atoms. The van der Waals surface area contributed by atoms with Gasteiger partial charge in [0.1, 0.15) is 11.5 Å². The second kappa shape index (κ2) is 6.78. The van der Waals surface area contributed by atoms with Gasteiger partial charge in [-0.05, 0) is 51.7 Å². The van der Waals surface area contributed by atoms with Gasteiger partial charge >= 0.3 is 0 Å². The van der Waals surface area contributed by atoms with Gasteiger partial charge in [-0.2, -0.15) is 0 Å². The molecule has 0 atom stereocenters. The van der Waals surface area contributed by atoms with E-state index in [0.717, 1.165) is 12.4 Å². The predicted octanol–water partition coefficient (Wildman–Crippen LogP) is 4.25. The summed E-state index contributed by atoms with van der Waals surface area (Å²) in [6.07, 6.45) is 5.20. The lowest BCUT2D eigenvalue weighted by Gasteiger charge is -2.15. The van der Waals surface area contributed by atoms with Gasteiger partial charge in [-0.1, -0.05) is 12.8 Å². The standard InChI is InChI=1S/C17H24O3/c1-12(2)20-17-9-15(13(3)18)8-16(10-17)19-11-14-6-4-5-7-14/h8-10,12,14H,4-7,11H2,1-3H3. The van der Waals surface area contributed by atoms with Crippen LogP contribution in [0.15, 0.2) is 18.2 Å².